The van der Waals surface area contributed by atoms with Crippen LogP contribution in [0.1, 0.15) is 54.3 Å². The molecule has 2 atom stereocenters. The lowest BCUT2D eigenvalue weighted by atomic mass is 10.1. The zero-order chi connectivity index (χ0) is 15.0. The van der Waals surface area contributed by atoms with Crippen LogP contribution < -0.4 is 0 Å². The Morgan fingerprint density at radius 1 is 1.29 bits per heavy atom. The Morgan fingerprint density at radius 3 is 2.81 bits per heavy atom. The highest BCUT2D eigenvalue weighted by Gasteiger charge is 2.27. The van der Waals surface area contributed by atoms with Gasteiger partial charge in [-0.25, -0.2) is 9.78 Å². The lowest BCUT2D eigenvalue weighted by Gasteiger charge is -2.24. The molecule has 0 saturated heterocycles. The number of aryl methyl sites for hydroxylation is 1. The van der Waals surface area contributed by atoms with Crippen molar-refractivity contribution < 1.29 is 15.0 Å². The minimum absolute atomic E-state index is 0.0125. The normalized spacial score (nSPS) is 23.1. The molecule has 5 heteroatoms. The van der Waals surface area contributed by atoms with Gasteiger partial charge < -0.3 is 14.8 Å². The summed E-state index contributed by atoms with van der Waals surface area (Å²) in [6.07, 6.45) is 4.58. The van der Waals surface area contributed by atoms with Crippen molar-refractivity contribution in [3.8, 4) is 0 Å². The van der Waals surface area contributed by atoms with Gasteiger partial charge in [0, 0.05) is 0 Å². The fourth-order valence-corrected chi connectivity index (χ4v) is 3.39. The van der Waals surface area contributed by atoms with E-state index in [1.54, 1.807) is 12.1 Å². The Kier molecular flexibility index (Phi) is 3.68. The number of rotatable bonds is 2. The number of aromatic nitrogens is 2. The molecular formula is C16H20N2O3. The van der Waals surface area contributed by atoms with Crippen LogP contribution in [0.5, 0.6) is 0 Å². The van der Waals surface area contributed by atoms with Gasteiger partial charge in [-0.2, -0.15) is 0 Å². The average Bonchev–Trinajstić information content (AvgIpc) is 2.63. The monoisotopic (exact) mass is 288 g/mol. The van der Waals surface area contributed by atoms with Crippen molar-refractivity contribution in [2.75, 3.05) is 0 Å². The maximum absolute atomic E-state index is 11.3. The first-order valence-corrected chi connectivity index (χ1v) is 7.48. The number of fused-ring (bicyclic) bond motifs is 1. The fraction of sp³-hybridized carbons (Fsp3) is 0.500. The lowest BCUT2D eigenvalue weighted by Crippen LogP contribution is -2.23. The van der Waals surface area contributed by atoms with Crippen molar-refractivity contribution in [1.82, 2.24) is 9.55 Å². The van der Waals surface area contributed by atoms with Crippen LogP contribution in [0, 0.1) is 6.92 Å². The Morgan fingerprint density at radius 2 is 2.05 bits per heavy atom. The number of aliphatic hydroxyl groups is 1. The largest absolute Gasteiger partial charge is 0.478 e. The van der Waals surface area contributed by atoms with Crippen molar-refractivity contribution in [2.24, 2.45) is 0 Å². The SMILES string of the molecule is Cc1nc2c(C(=O)O)cccc2n1C1CCCCCC1O. The highest BCUT2D eigenvalue weighted by Crippen LogP contribution is 2.32. The van der Waals surface area contributed by atoms with Crippen LogP contribution in [0.15, 0.2) is 18.2 Å². The Balaban J connectivity index is 2.16. The molecule has 21 heavy (non-hydrogen) atoms. The van der Waals surface area contributed by atoms with Gasteiger partial charge in [0.05, 0.1) is 23.2 Å². The Bertz CT molecular complexity index is 677. The van der Waals surface area contributed by atoms with Crippen LogP contribution in [0.25, 0.3) is 11.0 Å². The molecule has 2 N–H and O–H groups in total. The molecule has 1 heterocycles. The maximum Gasteiger partial charge on any atom is 0.337 e. The van der Waals surface area contributed by atoms with E-state index in [9.17, 15) is 15.0 Å². The van der Waals surface area contributed by atoms with E-state index in [1.165, 1.54) is 0 Å². The van der Waals surface area contributed by atoms with Crippen LogP contribution in [-0.2, 0) is 0 Å². The molecule has 1 saturated carbocycles. The number of carboxylic acid groups (broad SMARTS) is 1. The molecule has 0 spiro atoms. The second kappa shape index (κ2) is 5.48. The van der Waals surface area contributed by atoms with Crippen LogP contribution in [0.3, 0.4) is 0 Å². The Hall–Kier alpha value is -1.88. The van der Waals surface area contributed by atoms with Gasteiger partial charge in [0.2, 0.25) is 0 Å². The molecule has 0 amide bonds. The molecule has 5 nitrogen and oxygen atoms in total. The zero-order valence-electron chi connectivity index (χ0n) is 12.1. The van der Waals surface area contributed by atoms with E-state index < -0.39 is 12.1 Å². The second-order valence-corrected chi connectivity index (χ2v) is 5.78. The number of aromatic carboxylic acids is 1. The van der Waals surface area contributed by atoms with Gasteiger partial charge in [-0.1, -0.05) is 25.3 Å². The van der Waals surface area contributed by atoms with E-state index in [-0.39, 0.29) is 11.6 Å². The standard InChI is InChI=1S/C16H20N2O3/c1-10-17-15-11(16(20)21)6-5-8-13(15)18(10)12-7-3-2-4-9-14(12)19/h5-6,8,12,14,19H,2-4,7,9H2,1H3,(H,20,21). The summed E-state index contributed by atoms with van der Waals surface area (Å²) < 4.78 is 2.03. The average molecular weight is 288 g/mol. The number of carbonyl (C=O) groups is 1. The van der Waals surface area contributed by atoms with Gasteiger partial charge in [0.25, 0.3) is 0 Å². The van der Waals surface area contributed by atoms with E-state index in [0.717, 1.165) is 43.4 Å². The topological polar surface area (TPSA) is 75.3 Å². The van der Waals surface area contributed by atoms with E-state index >= 15 is 0 Å². The highest BCUT2D eigenvalue weighted by atomic mass is 16.4. The molecule has 112 valence electrons. The molecule has 3 rings (SSSR count). The molecule has 0 radical (unpaired) electrons. The second-order valence-electron chi connectivity index (χ2n) is 5.78. The van der Waals surface area contributed by atoms with Crippen molar-refractivity contribution in [2.45, 2.75) is 51.2 Å². The number of imidazole rings is 1. The molecule has 2 aromatic rings. The number of hydrogen-bond donors (Lipinski definition) is 2. The minimum atomic E-state index is -0.966. The highest BCUT2D eigenvalue weighted by molar-refractivity contribution is 6.01. The van der Waals surface area contributed by atoms with E-state index in [1.807, 2.05) is 17.6 Å². The quantitative estimate of drug-likeness (QED) is 0.833. The summed E-state index contributed by atoms with van der Waals surface area (Å²) in [6.45, 7) is 1.88. The van der Waals surface area contributed by atoms with Gasteiger partial charge in [-0.15, -0.1) is 0 Å². The van der Waals surface area contributed by atoms with Crippen LogP contribution in [-0.4, -0.2) is 31.8 Å². The third-order valence-electron chi connectivity index (χ3n) is 4.40. The summed E-state index contributed by atoms with van der Waals surface area (Å²) in [6, 6.07) is 5.19. The van der Waals surface area contributed by atoms with Crippen molar-refractivity contribution in [3.63, 3.8) is 0 Å². The van der Waals surface area contributed by atoms with E-state index in [0.29, 0.717) is 5.52 Å². The summed E-state index contributed by atoms with van der Waals surface area (Å²) in [5.74, 6) is -0.198. The summed E-state index contributed by atoms with van der Waals surface area (Å²) in [5.41, 5.74) is 1.54. The predicted octanol–water partition coefficient (Wildman–Crippen LogP) is 2.91. The minimum Gasteiger partial charge on any atom is -0.478 e. The molecule has 1 aromatic heterocycles. The first-order valence-electron chi connectivity index (χ1n) is 7.48. The van der Waals surface area contributed by atoms with E-state index in [2.05, 4.69) is 4.98 Å². The number of para-hydroxylation sites is 1. The molecular weight excluding hydrogens is 268 g/mol. The van der Waals surface area contributed by atoms with Crippen LogP contribution in [0.2, 0.25) is 0 Å². The molecule has 1 aliphatic carbocycles. The number of aliphatic hydroxyl groups excluding tert-OH is 1. The Labute approximate surface area is 123 Å². The third kappa shape index (κ3) is 2.42. The molecule has 1 aromatic carbocycles. The third-order valence-corrected chi connectivity index (χ3v) is 4.40. The molecule has 0 bridgehead atoms. The fourth-order valence-electron chi connectivity index (χ4n) is 3.39. The van der Waals surface area contributed by atoms with Gasteiger partial charge >= 0.3 is 5.97 Å². The smallest absolute Gasteiger partial charge is 0.337 e. The van der Waals surface area contributed by atoms with E-state index in [4.69, 9.17) is 0 Å². The number of benzene rings is 1. The molecule has 1 aliphatic rings. The predicted molar refractivity (Wildman–Crippen MR) is 79.6 cm³/mol. The first-order chi connectivity index (χ1) is 10.1. The first kappa shape index (κ1) is 14.1. The summed E-state index contributed by atoms with van der Waals surface area (Å²) in [7, 11) is 0. The maximum atomic E-state index is 11.3. The van der Waals surface area contributed by atoms with Gasteiger partial charge in [-0.3, -0.25) is 0 Å². The number of hydrogen-bond acceptors (Lipinski definition) is 3. The van der Waals surface area contributed by atoms with Gasteiger partial charge in [-0.05, 0) is 31.9 Å². The van der Waals surface area contributed by atoms with Gasteiger partial charge in [0.1, 0.15) is 11.3 Å². The molecule has 1 fully saturated rings. The molecule has 2 unspecified atom stereocenters. The van der Waals surface area contributed by atoms with Crippen molar-refractivity contribution >= 4 is 17.0 Å². The van der Waals surface area contributed by atoms with Crippen LogP contribution >= 0.6 is 0 Å². The van der Waals surface area contributed by atoms with Crippen molar-refractivity contribution in [3.05, 3.63) is 29.6 Å². The summed E-state index contributed by atoms with van der Waals surface area (Å²) >= 11 is 0. The number of carboxylic acids is 1. The number of nitrogens with zero attached hydrogens (tertiary/aromatic N) is 2. The summed E-state index contributed by atoms with van der Waals surface area (Å²) in [5, 5.41) is 19.7. The van der Waals surface area contributed by atoms with Gasteiger partial charge in [0.15, 0.2) is 0 Å². The molecule has 0 aliphatic heterocycles. The zero-order valence-corrected chi connectivity index (χ0v) is 12.1. The summed E-state index contributed by atoms with van der Waals surface area (Å²) in [4.78, 5) is 15.8. The van der Waals surface area contributed by atoms with Crippen LogP contribution in [0.4, 0.5) is 0 Å². The van der Waals surface area contributed by atoms with Crippen molar-refractivity contribution in [1.29, 1.82) is 0 Å². The lowest BCUT2D eigenvalue weighted by molar-refractivity contribution is 0.0699.